The lowest BCUT2D eigenvalue weighted by Crippen LogP contribution is -3.19. The fourth-order valence-corrected chi connectivity index (χ4v) is 4.00. The summed E-state index contributed by atoms with van der Waals surface area (Å²) in [4.78, 5) is 13.9. The van der Waals surface area contributed by atoms with Gasteiger partial charge in [0.05, 0.1) is 4.90 Å². The van der Waals surface area contributed by atoms with E-state index in [-0.39, 0.29) is 29.1 Å². The van der Waals surface area contributed by atoms with E-state index in [9.17, 15) is 13.2 Å². The smallest absolute Gasteiger partial charge is 0.282 e. The third kappa shape index (κ3) is 4.78. The topological polar surface area (TPSA) is 80.2 Å². The molecule has 8 heteroatoms. The third-order valence-electron chi connectivity index (χ3n) is 4.45. The fraction of sp³-hybridized carbons (Fsp3) is 0.588. The molecule has 3 atom stereocenters. The number of ether oxygens (including phenoxy) is 1. The molecule has 1 aliphatic heterocycles. The summed E-state index contributed by atoms with van der Waals surface area (Å²) < 4.78 is 31.3. The maximum Gasteiger partial charge on any atom is 0.282 e. The summed E-state index contributed by atoms with van der Waals surface area (Å²) in [7, 11) is -0.572. The van der Waals surface area contributed by atoms with Gasteiger partial charge in [0.2, 0.25) is 10.0 Å². The van der Waals surface area contributed by atoms with Crippen LogP contribution in [0.5, 0.6) is 0 Å². The van der Waals surface area contributed by atoms with E-state index >= 15 is 0 Å². The predicted octanol–water partition coefficient (Wildman–Crippen LogP) is -0.0440. The Morgan fingerprint density at radius 2 is 1.88 bits per heavy atom. The molecule has 2 N–H and O–H groups in total. The van der Waals surface area contributed by atoms with Crippen molar-refractivity contribution in [1.29, 1.82) is 0 Å². The molecule has 1 heterocycles. The van der Waals surface area contributed by atoms with Crippen LogP contribution in [0.4, 0.5) is 5.69 Å². The Morgan fingerprint density at radius 1 is 1.28 bits per heavy atom. The van der Waals surface area contributed by atoms with Gasteiger partial charge in [-0.1, -0.05) is 6.07 Å². The Hall–Kier alpha value is -1.48. The average Bonchev–Trinajstić information content (AvgIpc) is 2.53. The van der Waals surface area contributed by atoms with E-state index in [4.69, 9.17) is 4.74 Å². The predicted molar refractivity (Wildman–Crippen MR) is 96.1 cm³/mol. The first kappa shape index (κ1) is 19.8. The molecule has 0 bridgehead atoms. The van der Waals surface area contributed by atoms with Crippen LogP contribution in [0.1, 0.15) is 20.8 Å². The Kier molecular flexibility index (Phi) is 6.21. The van der Waals surface area contributed by atoms with Crippen molar-refractivity contribution in [2.45, 2.75) is 43.9 Å². The van der Waals surface area contributed by atoms with E-state index < -0.39 is 10.0 Å². The number of sulfonamides is 1. The largest absolute Gasteiger partial charge is 0.364 e. The molecular formula is C17H28N3O4S+. The van der Waals surface area contributed by atoms with Crippen molar-refractivity contribution in [2.24, 2.45) is 0 Å². The lowest BCUT2D eigenvalue weighted by atomic mass is 10.1. The van der Waals surface area contributed by atoms with Crippen molar-refractivity contribution in [3.05, 3.63) is 24.3 Å². The van der Waals surface area contributed by atoms with Crippen LogP contribution in [-0.2, 0) is 19.6 Å². The second kappa shape index (κ2) is 7.82. The Morgan fingerprint density at radius 3 is 2.44 bits per heavy atom. The summed E-state index contributed by atoms with van der Waals surface area (Å²) in [5, 5.41) is 2.84. The molecule has 0 aromatic heterocycles. The van der Waals surface area contributed by atoms with Crippen LogP contribution in [0.3, 0.4) is 0 Å². The van der Waals surface area contributed by atoms with Gasteiger partial charge in [-0.25, -0.2) is 12.7 Å². The number of nitrogens with one attached hydrogen (secondary N) is 2. The molecule has 140 valence electrons. The second-order valence-corrected chi connectivity index (χ2v) is 9.00. The van der Waals surface area contributed by atoms with Crippen LogP contribution in [0, 0.1) is 0 Å². The number of anilines is 1. The molecule has 7 nitrogen and oxygen atoms in total. The van der Waals surface area contributed by atoms with Gasteiger partial charge in [-0.3, -0.25) is 4.79 Å². The summed E-state index contributed by atoms with van der Waals surface area (Å²) in [5.74, 6) is -0.129. The number of hydrogen-bond acceptors (Lipinski definition) is 4. The number of rotatable bonds is 5. The molecule has 1 amide bonds. The number of amides is 1. The number of carbonyl (C=O) groups is 1. The number of hydrogen-bond donors (Lipinski definition) is 2. The van der Waals surface area contributed by atoms with Gasteiger partial charge in [0.15, 0.2) is 6.04 Å². The van der Waals surface area contributed by atoms with Gasteiger partial charge in [0, 0.05) is 19.8 Å². The highest BCUT2D eigenvalue weighted by atomic mass is 32.2. The summed E-state index contributed by atoms with van der Waals surface area (Å²) in [6.07, 6.45) is 0.227. The van der Waals surface area contributed by atoms with E-state index in [1.807, 2.05) is 20.8 Å². The molecule has 25 heavy (non-hydrogen) atoms. The van der Waals surface area contributed by atoms with E-state index in [1.165, 1.54) is 31.1 Å². The van der Waals surface area contributed by atoms with Crippen molar-refractivity contribution in [3.8, 4) is 0 Å². The molecule has 1 fully saturated rings. The van der Waals surface area contributed by atoms with Crippen molar-refractivity contribution in [3.63, 3.8) is 0 Å². The lowest BCUT2D eigenvalue weighted by Gasteiger charge is -2.35. The summed E-state index contributed by atoms with van der Waals surface area (Å²) in [6.45, 7) is 7.45. The van der Waals surface area contributed by atoms with Crippen molar-refractivity contribution in [2.75, 3.05) is 32.5 Å². The number of morpholine rings is 1. The number of quaternary nitrogens is 1. The van der Waals surface area contributed by atoms with Gasteiger partial charge < -0.3 is 15.0 Å². The van der Waals surface area contributed by atoms with Gasteiger partial charge >= 0.3 is 0 Å². The van der Waals surface area contributed by atoms with Gasteiger partial charge in [-0.05, 0) is 39.0 Å². The minimum Gasteiger partial charge on any atom is -0.364 e. The molecule has 2 rings (SSSR count). The number of benzene rings is 1. The van der Waals surface area contributed by atoms with E-state index in [0.717, 1.165) is 17.4 Å². The van der Waals surface area contributed by atoms with Crippen LogP contribution in [0.2, 0.25) is 0 Å². The Balaban J connectivity index is 2.10. The monoisotopic (exact) mass is 370 g/mol. The van der Waals surface area contributed by atoms with Crippen molar-refractivity contribution in [1.82, 2.24) is 4.31 Å². The van der Waals surface area contributed by atoms with Crippen LogP contribution >= 0.6 is 0 Å². The molecule has 0 spiro atoms. The zero-order chi connectivity index (χ0) is 18.8. The molecule has 1 aliphatic rings. The first-order valence-electron chi connectivity index (χ1n) is 8.44. The summed E-state index contributed by atoms with van der Waals surface area (Å²) in [6, 6.07) is 6.08. The number of carbonyl (C=O) groups excluding carboxylic acids is 1. The summed E-state index contributed by atoms with van der Waals surface area (Å²) >= 11 is 0. The zero-order valence-corrected chi connectivity index (χ0v) is 16.3. The minimum absolute atomic E-state index is 0.113. The highest BCUT2D eigenvalue weighted by molar-refractivity contribution is 7.89. The molecule has 1 aromatic carbocycles. The van der Waals surface area contributed by atoms with E-state index in [2.05, 4.69) is 5.32 Å². The molecular weight excluding hydrogens is 342 g/mol. The maximum absolute atomic E-state index is 12.6. The Labute approximate surface area is 150 Å². The van der Waals surface area contributed by atoms with Crippen molar-refractivity contribution >= 4 is 21.6 Å². The van der Waals surface area contributed by atoms with Gasteiger partial charge in [-0.2, -0.15) is 0 Å². The molecule has 1 aromatic rings. The average molecular weight is 370 g/mol. The lowest BCUT2D eigenvalue weighted by molar-refractivity contribution is -0.928. The number of nitrogens with zero attached hydrogens (tertiary/aromatic N) is 1. The van der Waals surface area contributed by atoms with Crippen LogP contribution in [-0.4, -0.2) is 64.1 Å². The van der Waals surface area contributed by atoms with Crippen molar-refractivity contribution < 1.29 is 22.8 Å². The zero-order valence-electron chi connectivity index (χ0n) is 15.4. The molecule has 0 saturated carbocycles. The first-order valence-corrected chi connectivity index (χ1v) is 9.88. The first-order chi connectivity index (χ1) is 11.6. The highest BCUT2D eigenvalue weighted by Gasteiger charge is 2.33. The van der Waals surface area contributed by atoms with Gasteiger partial charge in [-0.15, -0.1) is 0 Å². The molecule has 0 unspecified atom stereocenters. The standard InChI is InChI=1S/C17H27N3O4S/c1-12-10-20(11-13(2)24-12)14(3)17(21)18-15-7-6-8-16(9-15)25(22,23)19(4)5/h6-9,12-14H,10-11H2,1-5H3,(H,18,21)/p+1/t12-,13-,14-/m0/s1. The highest BCUT2D eigenvalue weighted by Crippen LogP contribution is 2.18. The van der Waals surface area contributed by atoms with E-state index in [1.54, 1.807) is 12.1 Å². The second-order valence-electron chi connectivity index (χ2n) is 6.85. The SMILES string of the molecule is C[C@H]1C[NH+]([C@@H](C)C(=O)Nc2cccc(S(=O)(=O)N(C)C)c2)C[C@H](C)O1. The maximum atomic E-state index is 12.6. The minimum atomic E-state index is -3.53. The quantitative estimate of drug-likeness (QED) is 0.762. The van der Waals surface area contributed by atoms with Crippen LogP contribution in [0.15, 0.2) is 29.2 Å². The molecule has 1 saturated heterocycles. The summed E-state index contributed by atoms with van der Waals surface area (Å²) in [5.41, 5.74) is 0.480. The molecule has 0 radical (unpaired) electrons. The van der Waals surface area contributed by atoms with Gasteiger partial charge in [0.25, 0.3) is 5.91 Å². The third-order valence-corrected chi connectivity index (χ3v) is 6.26. The Bertz CT molecular complexity index is 710. The molecule has 0 aliphatic carbocycles. The fourth-order valence-electron chi connectivity index (χ4n) is 3.05. The van der Waals surface area contributed by atoms with Gasteiger partial charge in [0.1, 0.15) is 25.3 Å². The van der Waals surface area contributed by atoms with Crippen LogP contribution < -0.4 is 10.2 Å². The normalized spacial score (nSPS) is 25.6. The van der Waals surface area contributed by atoms with Crippen LogP contribution in [0.25, 0.3) is 0 Å². The van der Waals surface area contributed by atoms with E-state index in [0.29, 0.717) is 5.69 Å².